The first-order valence-corrected chi connectivity index (χ1v) is 4.74. The zero-order valence-corrected chi connectivity index (χ0v) is 6.65. The molecular formula is C5H5NO2S2. The average molecular weight is 175 g/mol. The van der Waals surface area contributed by atoms with Gasteiger partial charge in [0.2, 0.25) is 0 Å². The summed E-state index contributed by atoms with van der Waals surface area (Å²) in [5.41, 5.74) is 0. The Hall–Kier alpha value is -0.510. The van der Waals surface area contributed by atoms with Gasteiger partial charge in [-0.05, 0) is 18.3 Å². The van der Waals surface area contributed by atoms with Crippen LogP contribution in [-0.2, 0) is 9.84 Å². The topological polar surface area (TPSA) is 46.5 Å². The molecule has 0 amide bonds. The van der Waals surface area contributed by atoms with Crippen molar-refractivity contribution in [3.63, 3.8) is 0 Å². The molecule has 0 bridgehead atoms. The molecule has 54 valence electrons. The van der Waals surface area contributed by atoms with Crippen molar-refractivity contribution in [2.45, 2.75) is 6.04 Å². The third-order valence-corrected chi connectivity index (χ3v) is 2.61. The van der Waals surface area contributed by atoms with Crippen molar-refractivity contribution in [2.75, 3.05) is 5.75 Å². The van der Waals surface area contributed by atoms with Crippen LogP contribution >= 0.6 is 12.2 Å². The van der Waals surface area contributed by atoms with Gasteiger partial charge in [0.05, 0.1) is 17.0 Å². The Morgan fingerprint density at radius 1 is 1.70 bits per heavy atom. The van der Waals surface area contributed by atoms with E-state index in [0.29, 0.717) is 0 Å². The minimum absolute atomic E-state index is 0.0383. The molecule has 1 aliphatic rings. The van der Waals surface area contributed by atoms with E-state index in [9.17, 15) is 8.42 Å². The van der Waals surface area contributed by atoms with Gasteiger partial charge in [-0.1, -0.05) is 0 Å². The standard InChI is InChI=1S/C5H5NO2S2/c7-10(8)2-1-5(3-10)6-4-9/h1-2,5H,3H2/t5-/m1/s1. The third-order valence-electron chi connectivity index (χ3n) is 1.13. The first-order chi connectivity index (χ1) is 4.64. The van der Waals surface area contributed by atoms with Crippen molar-refractivity contribution in [1.82, 2.24) is 0 Å². The lowest BCUT2D eigenvalue weighted by atomic mass is 10.4. The Kier molecular flexibility index (Phi) is 1.99. The largest absolute Gasteiger partial charge is 0.224 e. The summed E-state index contributed by atoms with van der Waals surface area (Å²) in [4.78, 5) is 3.62. The number of rotatable bonds is 1. The first kappa shape index (κ1) is 7.60. The van der Waals surface area contributed by atoms with E-state index in [0.717, 1.165) is 5.41 Å². The third kappa shape index (κ3) is 1.73. The number of aliphatic imine (C=N–C) groups is 1. The molecule has 0 aromatic rings. The van der Waals surface area contributed by atoms with Gasteiger partial charge in [-0.2, -0.15) is 0 Å². The SMILES string of the molecule is O=S1(=O)C=C[C@@H](N=C=S)C1. The lowest BCUT2D eigenvalue weighted by Gasteiger charge is -1.92. The molecule has 0 saturated heterocycles. The van der Waals surface area contributed by atoms with Crippen LogP contribution in [0.3, 0.4) is 0 Å². The number of isothiocyanates is 1. The molecule has 0 radical (unpaired) electrons. The van der Waals surface area contributed by atoms with Crippen LogP contribution in [0.25, 0.3) is 0 Å². The van der Waals surface area contributed by atoms with Crippen LogP contribution in [-0.4, -0.2) is 25.4 Å². The van der Waals surface area contributed by atoms with Crippen LogP contribution < -0.4 is 0 Å². The number of hydrogen-bond acceptors (Lipinski definition) is 4. The highest BCUT2D eigenvalue weighted by atomic mass is 32.2. The van der Waals surface area contributed by atoms with Gasteiger partial charge in [0.1, 0.15) is 0 Å². The predicted octanol–water partition coefficient (Wildman–Crippen LogP) is 0.400. The zero-order valence-electron chi connectivity index (χ0n) is 5.02. The Morgan fingerprint density at radius 3 is 2.80 bits per heavy atom. The second-order valence-electron chi connectivity index (χ2n) is 1.95. The van der Waals surface area contributed by atoms with E-state index in [1.54, 1.807) is 0 Å². The molecule has 0 aromatic carbocycles. The van der Waals surface area contributed by atoms with Gasteiger partial charge in [-0.3, -0.25) is 0 Å². The Labute approximate surface area is 64.4 Å². The van der Waals surface area contributed by atoms with Crippen LogP contribution in [0.4, 0.5) is 0 Å². The van der Waals surface area contributed by atoms with Gasteiger partial charge in [0, 0.05) is 5.41 Å². The maximum atomic E-state index is 10.7. The fourth-order valence-electron chi connectivity index (χ4n) is 0.708. The van der Waals surface area contributed by atoms with E-state index in [-0.39, 0.29) is 11.8 Å². The molecule has 0 unspecified atom stereocenters. The average Bonchev–Trinajstić information content (AvgIpc) is 2.12. The fraction of sp³-hybridized carbons (Fsp3) is 0.400. The molecule has 0 aromatic heterocycles. The number of sulfone groups is 1. The smallest absolute Gasteiger partial charge is 0.173 e. The van der Waals surface area contributed by atoms with Crippen molar-refractivity contribution in [1.29, 1.82) is 0 Å². The van der Waals surface area contributed by atoms with Crippen LogP contribution in [0, 0.1) is 0 Å². The lowest BCUT2D eigenvalue weighted by molar-refractivity contribution is 0.604. The minimum Gasteiger partial charge on any atom is -0.224 e. The lowest BCUT2D eigenvalue weighted by Crippen LogP contribution is -2.07. The normalized spacial score (nSPS) is 27.8. The molecular weight excluding hydrogens is 170 g/mol. The molecule has 1 atom stereocenters. The van der Waals surface area contributed by atoms with E-state index in [1.807, 2.05) is 0 Å². The summed E-state index contributed by atoms with van der Waals surface area (Å²) in [7, 11) is -2.98. The molecule has 1 heterocycles. The number of thiocarbonyl (C=S) groups is 1. The highest BCUT2D eigenvalue weighted by molar-refractivity contribution is 7.94. The maximum absolute atomic E-state index is 10.7. The molecule has 0 fully saturated rings. The van der Waals surface area contributed by atoms with Crippen molar-refractivity contribution in [2.24, 2.45) is 4.99 Å². The van der Waals surface area contributed by atoms with Gasteiger partial charge >= 0.3 is 0 Å². The zero-order chi connectivity index (χ0) is 7.61. The number of nitrogens with zero attached hydrogens (tertiary/aromatic N) is 1. The van der Waals surface area contributed by atoms with E-state index < -0.39 is 9.84 Å². The summed E-state index contributed by atoms with van der Waals surface area (Å²) in [6, 6.07) is -0.303. The van der Waals surface area contributed by atoms with Gasteiger partial charge in [0.15, 0.2) is 9.84 Å². The van der Waals surface area contributed by atoms with Crippen molar-refractivity contribution >= 4 is 27.2 Å². The molecule has 3 nitrogen and oxygen atoms in total. The fourth-order valence-corrected chi connectivity index (χ4v) is 2.04. The Bertz CT molecular complexity index is 298. The molecule has 1 aliphatic heterocycles. The second-order valence-corrected chi connectivity index (χ2v) is 4.06. The van der Waals surface area contributed by atoms with Gasteiger partial charge < -0.3 is 0 Å². The van der Waals surface area contributed by atoms with Crippen molar-refractivity contribution < 1.29 is 8.42 Å². The van der Waals surface area contributed by atoms with E-state index in [1.165, 1.54) is 6.08 Å². The number of hydrogen-bond donors (Lipinski definition) is 0. The minimum atomic E-state index is -2.98. The highest BCUT2D eigenvalue weighted by Crippen LogP contribution is 2.09. The van der Waals surface area contributed by atoms with Gasteiger partial charge in [-0.25, -0.2) is 13.4 Å². The molecule has 0 N–H and O–H groups in total. The summed E-state index contributed by atoms with van der Waals surface area (Å²) >= 11 is 4.32. The van der Waals surface area contributed by atoms with E-state index in [4.69, 9.17) is 0 Å². The van der Waals surface area contributed by atoms with Crippen molar-refractivity contribution in [3.05, 3.63) is 11.5 Å². The van der Waals surface area contributed by atoms with Crippen LogP contribution in [0.1, 0.15) is 0 Å². The molecule has 10 heavy (non-hydrogen) atoms. The summed E-state index contributed by atoms with van der Waals surface area (Å²) in [5, 5.41) is 3.30. The summed E-state index contributed by atoms with van der Waals surface area (Å²) in [5.74, 6) is 0.0383. The summed E-state index contributed by atoms with van der Waals surface area (Å²) < 4.78 is 21.4. The molecule has 0 saturated carbocycles. The van der Waals surface area contributed by atoms with E-state index >= 15 is 0 Å². The Morgan fingerprint density at radius 2 is 2.40 bits per heavy atom. The summed E-state index contributed by atoms with van der Waals surface area (Å²) in [6.45, 7) is 0. The Balaban J connectivity index is 2.81. The van der Waals surface area contributed by atoms with Crippen LogP contribution in [0.15, 0.2) is 16.5 Å². The molecule has 0 spiro atoms. The van der Waals surface area contributed by atoms with Gasteiger partial charge in [0.25, 0.3) is 0 Å². The van der Waals surface area contributed by atoms with Crippen molar-refractivity contribution in [3.8, 4) is 0 Å². The molecule has 1 rings (SSSR count). The maximum Gasteiger partial charge on any atom is 0.173 e. The highest BCUT2D eigenvalue weighted by Gasteiger charge is 2.20. The first-order valence-electron chi connectivity index (χ1n) is 2.62. The second kappa shape index (κ2) is 2.62. The van der Waals surface area contributed by atoms with E-state index in [2.05, 4.69) is 22.4 Å². The molecule has 0 aliphatic carbocycles. The summed E-state index contributed by atoms with van der Waals surface area (Å²) in [6.07, 6.45) is 1.51. The van der Waals surface area contributed by atoms with Gasteiger partial charge in [-0.15, -0.1) is 0 Å². The molecule has 5 heteroatoms. The monoisotopic (exact) mass is 175 g/mol. The quantitative estimate of drug-likeness (QED) is 0.428. The predicted molar refractivity (Wildman–Crippen MR) is 41.7 cm³/mol. The van der Waals surface area contributed by atoms with Crippen LogP contribution in [0.5, 0.6) is 0 Å². The van der Waals surface area contributed by atoms with Crippen LogP contribution in [0.2, 0.25) is 0 Å².